The predicted octanol–water partition coefficient (Wildman–Crippen LogP) is 4.58. The highest BCUT2D eigenvalue weighted by molar-refractivity contribution is 5.99. The molecule has 30 heavy (non-hydrogen) atoms. The van der Waals surface area contributed by atoms with E-state index in [2.05, 4.69) is 20.0 Å². The highest BCUT2D eigenvalue weighted by Gasteiger charge is 2.27. The molecule has 3 heterocycles. The van der Waals surface area contributed by atoms with Crippen molar-refractivity contribution >= 4 is 22.1 Å². The third-order valence-corrected chi connectivity index (χ3v) is 5.63. The molecule has 8 nitrogen and oxygen atoms in total. The number of aromatic nitrogens is 3. The molecule has 8 heteroatoms. The van der Waals surface area contributed by atoms with Crippen LogP contribution in [0.2, 0.25) is 0 Å². The second-order valence-electron chi connectivity index (χ2n) is 7.37. The van der Waals surface area contributed by atoms with Crippen molar-refractivity contribution in [2.75, 3.05) is 18.0 Å². The molecule has 1 aliphatic heterocycles. The Kier molecular flexibility index (Phi) is 4.59. The number of pyridine rings is 1. The van der Waals surface area contributed by atoms with Gasteiger partial charge in [0.1, 0.15) is 0 Å². The molecular weight excluding hydrogens is 382 g/mol. The average Bonchev–Trinajstić information content (AvgIpc) is 3.29. The maximum Gasteiger partial charge on any atom is 0.278 e. The highest BCUT2D eigenvalue weighted by Crippen LogP contribution is 2.36. The molecule has 0 amide bonds. The van der Waals surface area contributed by atoms with E-state index < -0.39 is 0 Å². The van der Waals surface area contributed by atoms with Crippen LogP contribution in [-0.2, 0) is 0 Å². The summed E-state index contributed by atoms with van der Waals surface area (Å²) in [5.74, 6) is 1.49. The first kappa shape index (κ1) is 18.2. The van der Waals surface area contributed by atoms with Gasteiger partial charge in [-0.05, 0) is 25.0 Å². The molecule has 0 unspecified atom stereocenters. The SMILES string of the molecule is O=[N+]([O-])c1ccc(N2CCC(c3nc(-c4ccccc4)no3)CC2)c2ccncc12. The van der Waals surface area contributed by atoms with Gasteiger partial charge in [-0.15, -0.1) is 0 Å². The summed E-state index contributed by atoms with van der Waals surface area (Å²) in [4.78, 5) is 21.9. The van der Waals surface area contributed by atoms with E-state index in [4.69, 9.17) is 4.52 Å². The number of hydrogen-bond donors (Lipinski definition) is 0. The number of nitrogens with zero attached hydrogens (tertiary/aromatic N) is 5. The van der Waals surface area contributed by atoms with Crippen LogP contribution in [0.1, 0.15) is 24.7 Å². The minimum atomic E-state index is -0.361. The zero-order valence-corrected chi connectivity index (χ0v) is 16.1. The fourth-order valence-corrected chi connectivity index (χ4v) is 4.07. The van der Waals surface area contributed by atoms with Gasteiger partial charge in [-0.3, -0.25) is 15.1 Å². The summed E-state index contributed by atoms with van der Waals surface area (Å²) in [6.45, 7) is 1.62. The van der Waals surface area contributed by atoms with Gasteiger partial charge in [-0.25, -0.2) is 0 Å². The van der Waals surface area contributed by atoms with Crippen molar-refractivity contribution in [1.29, 1.82) is 0 Å². The second-order valence-corrected chi connectivity index (χ2v) is 7.37. The normalized spacial score (nSPS) is 14.9. The summed E-state index contributed by atoms with van der Waals surface area (Å²) >= 11 is 0. The number of rotatable bonds is 4. The lowest BCUT2D eigenvalue weighted by atomic mass is 9.95. The second kappa shape index (κ2) is 7.55. The Bertz CT molecular complexity index is 1200. The Balaban J connectivity index is 1.35. The molecule has 0 radical (unpaired) electrons. The molecule has 1 aliphatic rings. The van der Waals surface area contributed by atoms with Gasteiger partial charge in [-0.1, -0.05) is 35.5 Å². The molecule has 4 aromatic rings. The fraction of sp³-hybridized carbons (Fsp3) is 0.227. The molecule has 5 rings (SSSR count). The van der Waals surface area contributed by atoms with Gasteiger partial charge in [0.25, 0.3) is 5.69 Å². The molecule has 2 aromatic carbocycles. The third kappa shape index (κ3) is 3.26. The van der Waals surface area contributed by atoms with Crippen molar-refractivity contribution in [1.82, 2.24) is 15.1 Å². The smallest absolute Gasteiger partial charge is 0.278 e. The number of hydrogen-bond acceptors (Lipinski definition) is 7. The Morgan fingerprint density at radius 1 is 1.03 bits per heavy atom. The number of piperidine rings is 1. The molecule has 0 aliphatic carbocycles. The number of anilines is 1. The highest BCUT2D eigenvalue weighted by atomic mass is 16.6. The van der Waals surface area contributed by atoms with Crippen molar-refractivity contribution in [2.45, 2.75) is 18.8 Å². The van der Waals surface area contributed by atoms with E-state index in [1.165, 1.54) is 0 Å². The van der Waals surface area contributed by atoms with E-state index in [1.54, 1.807) is 18.5 Å². The van der Waals surface area contributed by atoms with Crippen molar-refractivity contribution in [2.24, 2.45) is 0 Å². The van der Waals surface area contributed by atoms with Gasteiger partial charge in [0.2, 0.25) is 11.7 Å². The third-order valence-electron chi connectivity index (χ3n) is 5.63. The molecule has 0 bridgehead atoms. The molecule has 150 valence electrons. The average molecular weight is 401 g/mol. The monoisotopic (exact) mass is 401 g/mol. The zero-order valence-electron chi connectivity index (χ0n) is 16.1. The van der Waals surface area contributed by atoms with Crippen LogP contribution >= 0.6 is 0 Å². The van der Waals surface area contributed by atoms with Crippen molar-refractivity contribution in [3.05, 3.63) is 76.9 Å². The number of benzene rings is 2. The molecule has 0 atom stereocenters. The minimum absolute atomic E-state index is 0.0797. The quantitative estimate of drug-likeness (QED) is 0.365. The van der Waals surface area contributed by atoms with Gasteiger partial charge < -0.3 is 9.42 Å². The topological polar surface area (TPSA) is 98.2 Å². The van der Waals surface area contributed by atoms with E-state index in [0.29, 0.717) is 17.1 Å². The van der Waals surface area contributed by atoms with Crippen LogP contribution in [0.25, 0.3) is 22.2 Å². The standard InChI is InChI=1S/C22H19N5O3/c28-27(29)20-7-6-19(17-8-11-23-14-18(17)20)26-12-9-16(10-13-26)22-24-21(25-30-22)15-4-2-1-3-5-15/h1-8,11,14,16H,9-10,12-13H2. The summed E-state index contributed by atoms with van der Waals surface area (Å²) in [5.41, 5.74) is 2.01. The number of nitro benzene ring substituents is 1. The molecule has 0 saturated carbocycles. The van der Waals surface area contributed by atoms with Gasteiger partial charge in [0, 0.05) is 54.1 Å². The number of nitro groups is 1. The number of non-ortho nitro benzene ring substituents is 1. The first-order valence-electron chi connectivity index (χ1n) is 9.86. The van der Waals surface area contributed by atoms with Gasteiger partial charge in [-0.2, -0.15) is 4.98 Å². The number of fused-ring (bicyclic) bond motifs is 1. The molecule has 1 fully saturated rings. The zero-order chi connectivity index (χ0) is 20.5. The summed E-state index contributed by atoms with van der Waals surface area (Å²) in [6.07, 6.45) is 4.99. The van der Waals surface area contributed by atoms with Crippen LogP contribution in [0.4, 0.5) is 11.4 Å². The predicted molar refractivity (Wildman–Crippen MR) is 112 cm³/mol. The lowest BCUT2D eigenvalue weighted by Gasteiger charge is -2.32. The van der Waals surface area contributed by atoms with E-state index in [9.17, 15) is 10.1 Å². The van der Waals surface area contributed by atoms with Crippen LogP contribution in [0, 0.1) is 10.1 Å². The minimum Gasteiger partial charge on any atom is -0.371 e. The molecular formula is C22H19N5O3. The maximum absolute atomic E-state index is 11.3. The Morgan fingerprint density at radius 3 is 2.60 bits per heavy atom. The van der Waals surface area contributed by atoms with Gasteiger partial charge in [0.05, 0.1) is 10.3 Å². The molecule has 1 saturated heterocycles. The molecule has 0 spiro atoms. The fourth-order valence-electron chi connectivity index (χ4n) is 4.07. The van der Waals surface area contributed by atoms with Crippen LogP contribution in [0.15, 0.2) is 65.4 Å². The molecule has 2 aromatic heterocycles. The van der Waals surface area contributed by atoms with Crippen molar-refractivity contribution in [3.63, 3.8) is 0 Å². The molecule has 0 N–H and O–H groups in total. The van der Waals surface area contributed by atoms with Gasteiger partial charge in [0.15, 0.2) is 0 Å². The Labute approximate surface area is 172 Å². The summed E-state index contributed by atoms with van der Waals surface area (Å²) in [6, 6.07) is 15.0. The first-order chi connectivity index (χ1) is 14.7. The van der Waals surface area contributed by atoms with E-state index in [-0.39, 0.29) is 16.5 Å². The summed E-state index contributed by atoms with van der Waals surface area (Å²) < 4.78 is 5.55. The Morgan fingerprint density at radius 2 is 1.83 bits per heavy atom. The summed E-state index contributed by atoms with van der Waals surface area (Å²) in [5, 5.41) is 16.9. The Hall–Kier alpha value is -3.81. The van der Waals surface area contributed by atoms with Crippen molar-refractivity contribution in [3.8, 4) is 11.4 Å². The lowest BCUT2D eigenvalue weighted by molar-refractivity contribution is -0.383. The van der Waals surface area contributed by atoms with Crippen LogP contribution < -0.4 is 4.90 Å². The van der Waals surface area contributed by atoms with Gasteiger partial charge >= 0.3 is 0 Å². The van der Waals surface area contributed by atoms with E-state index >= 15 is 0 Å². The van der Waals surface area contributed by atoms with Crippen LogP contribution in [0.5, 0.6) is 0 Å². The first-order valence-corrected chi connectivity index (χ1v) is 9.86. The van der Waals surface area contributed by atoms with Crippen LogP contribution in [0.3, 0.4) is 0 Å². The maximum atomic E-state index is 11.3. The van der Waals surface area contributed by atoms with Crippen molar-refractivity contribution < 1.29 is 9.45 Å². The summed E-state index contributed by atoms with van der Waals surface area (Å²) in [7, 11) is 0. The van der Waals surface area contributed by atoms with E-state index in [0.717, 1.165) is 42.6 Å². The van der Waals surface area contributed by atoms with Crippen LogP contribution in [-0.4, -0.2) is 33.1 Å². The lowest BCUT2D eigenvalue weighted by Crippen LogP contribution is -2.33. The van der Waals surface area contributed by atoms with E-state index in [1.807, 2.05) is 42.5 Å². The largest absolute Gasteiger partial charge is 0.371 e.